The van der Waals surface area contributed by atoms with Gasteiger partial charge < -0.3 is 20.5 Å². The van der Waals surface area contributed by atoms with Crippen molar-refractivity contribution in [1.29, 1.82) is 0 Å². The van der Waals surface area contributed by atoms with E-state index in [1.165, 1.54) is 11.3 Å². The van der Waals surface area contributed by atoms with E-state index in [1.807, 2.05) is 0 Å². The molecule has 1 aromatic heterocycles. The zero-order valence-electron chi connectivity index (χ0n) is 15.3. The number of hydrogen-bond acceptors (Lipinski definition) is 5. The van der Waals surface area contributed by atoms with Crippen LogP contribution < -0.4 is 15.7 Å². The number of carboxylic acid groups (broad SMARTS) is 1. The first-order chi connectivity index (χ1) is 13.3. The lowest BCUT2D eigenvalue weighted by Gasteiger charge is -2.18. The van der Waals surface area contributed by atoms with Crippen molar-refractivity contribution in [3.05, 3.63) is 45.3 Å². The quantitative estimate of drug-likeness (QED) is 0.750. The van der Waals surface area contributed by atoms with E-state index in [4.69, 9.17) is 11.6 Å². The van der Waals surface area contributed by atoms with Gasteiger partial charge in [0.15, 0.2) is 0 Å². The Morgan fingerprint density at radius 1 is 1.18 bits per heavy atom. The van der Waals surface area contributed by atoms with Gasteiger partial charge in [-0.15, -0.1) is 11.3 Å². The molecule has 0 saturated carbocycles. The van der Waals surface area contributed by atoms with Crippen molar-refractivity contribution in [2.45, 2.75) is 39.0 Å². The number of rotatable bonds is 6. The van der Waals surface area contributed by atoms with E-state index in [0.29, 0.717) is 27.2 Å². The van der Waals surface area contributed by atoms with Gasteiger partial charge in [0.25, 0.3) is 5.91 Å². The third-order valence-electron chi connectivity index (χ3n) is 4.65. The molecule has 2 amide bonds. The Labute approximate surface area is 171 Å². The fraction of sp³-hybridized carbons (Fsp3) is 0.350. The molecule has 1 atom stereocenters. The number of hydrogen-bond donors (Lipinski definition) is 2. The van der Waals surface area contributed by atoms with Gasteiger partial charge in [0, 0.05) is 28.0 Å². The molecular formula is C20H20ClN2O4S-. The maximum Gasteiger partial charge on any atom is 0.258 e. The Balaban J connectivity index is 1.86. The van der Waals surface area contributed by atoms with Crippen LogP contribution in [0.2, 0.25) is 5.02 Å². The van der Waals surface area contributed by atoms with E-state index in [9.17, 15) is 19.5 Å². The van der Waals surface area contributed by atoms with E-state index >= 15 is 0 Å². The molecule has 28 heavy (non-hydrogen) atoms. The van der Waals surface area contributed by atoms with Crippen molar-refractivity contribution < 1.29 is 19.5 Å². The lowest BCUT2D eigenvalue weighted by atomic mass is 9.88. The van der Waals surface area contributed by atoms with Crippen LogP contribution in [-0.2, 0) is 22.4 Å². The number of carbonyl (C=O) groups is 3. The molecule has 1 aliphatic carbocycles. The Kier molecular flexibility index (Phi) is 6.36. The number of benzene rings is 1. The zero-order chi connectivity index (χ0) is 20.3. The standard InChI is InChI=1S/C20H21ClN2O4S/c1-11-2-7-14-15(10-11)28-20(23-16(24)8-9-17(25)26)18(14)19(27)22-13-5-3-12(21)4-6-13/h3-6,11H,2,7-10H2,1H3,(H,22,27)(H,23,24)(H,25,26)/p-1/t11-/m1/s1. The number of carboxylic acids is 1. The fourth-order valence-electron chi connectivity index (χ4n) is 3.21. The van der Waals surface area contributed by atoms with Crippen molar-refractivity contribution in [3.63, 3.8) is 0 Å². The highest BCUT2D eigenvalue weighted by Gasteiger charge is 2.28. The molecule has 1 heterocycles. The molecule has 1 aliphatic rings. The number of thiophene rings is 1. The highest BCUT2D eigenvalue weighted by Crippen LogP contribution is 2.40. The molecule has 6 nitrogen and oxygen atoms in total. The summed E-state index contributed by atoms with van der Waals surface area (Å²) >= 11 is 7.28. The first-order valence-electron chi connectivity index (χ1n) is 9.04. The van der Waals surface area contributed by atoms with Gasteiger partial charge in [0.2, 0.25) is 5.91 Å². The van der Waals surface area contributed by atoms with Gasteiger partial charge in [-0.25, -0.2) is 0 Å². The molecule has 0 bridgehead atoms. The predicted octanol–water partition coefficient (Wildman–Crippen LogP) is 3.25. The van der Waals surface area contributed by atoms with Crippen LogP contribution in [0.5, 0.6) is 0 Å². The second kappa shape index (κ2) is 8.75. The van der Waals surface area contributed by atoms with Crippen LogP contribution in [0, 0.1) is 5.92 Å². The zero-order valence-corrected chi connectivity index (χ0v) is 16.9. The Hall–Kier alpha value is -2.38. The van der Waals surface area contributed by atoms with Crippen LogP contribution in [0.25, 0.3) is 0 Å². The molecule has 1 aromatic carbocycles. The van der Waals surface area contributed by atoms with Crippen LogP contribution in [0.4, 0.5) is 10.7 Å². The summed E-state index contributed by atoms with van der Waals surface area (Å²) in [4.78, 5) is 36.8. The number of carbonyl (C=O) groups excluding carboxylic acids is 3. The summed E-state index contributed by atoms with van der Waals surface area (Å²) in [5, 5.41) is 17.2. The van der Waals surface area contributed by atoms with Gasteiger partial charge in [-0.1, -0.05) is 18.5 Å². The molecule has 148 valence electrons. The Morgan fingerprint density at radius 3 is 2.57 bits per heavy atom. The summed E-state index contributed by atoms with van der Waals surface area (Å²) in [6.45, 7) is 2.16. The van der Waals surface area contributed by atoms with Crippen LogP contribution in [0.15, 0.2) is 24.3 Å². The van der Waals surface area contributed by atoms with Crippen molar-refractivity contribution >= 4 is 51.4 Å². The van der Waals surface area contributed by atoms with Crippen molar-refractivity contribution in [2.24, 2.45) is 5.92 Å². The SMILES string of the molecule is C[C@@H]1CCc2c(sc(NC(=O)CCC(=O)[O-])c2C(=O)Nc2ccc(Cl)cc2)C1. The fourth-order valence-corrected chi connectivity index (χ4v) is 4.76. The van der Waals surface area contributed by atoms with Crippen molar-refractivity contribution in [3.8, 4) is 0 Å². The van der Waals surface area contributed by atoms with Gasteiger partial charge in [0.1, 0.15) is 5.00 Å². The molecule has 8 heteroatoms. The monoisotopic (exact) mass is 419 g/mol. The average molecular weight is 420 g/mol. The molecule has 0 unspecified atom stereocenters. The van der Waals surface area contributed by atoms with Gasteiger partial charge in [0.05, 0.1) is 5.56 Å². The summed E-state index contributed by atoms with van der Waals surface area (Å²) in [6.07, 6.45) is 2.05. The maximum atomic E-state index is 13.0. The number of amides is 2. The molecule has 0 spiro atoms. The molecule has 0 aliphatic heterocycles. The molecule has 2 N–H and O–H groups in total. The topological polar surface area (TPSA) is 98.3 Å². The van der Waals surface area contributed by atoms with E-state index < -0.39 is 11.9 Å². The molecule has 0 saturated heterocycles. The second-order valence-electron chi connectivity index (χ2n) is 6.94. The van der Waals surface area contributed by atoms with Gasteiger partial charge in [-0.3, -0.25) is 9.59 Å². The summed E-state index contributed by atoms with van der Waals surface area (Å²) in [5.74, 6) is -1.52. The van der Waals surface area contributed by atoms with Crippen LogP contribution in [-0.4, -0.2) is 17.8 Å². The average Bonchev–Trinajstić information content (AvgIpc) is 2.98. The van der Waals surface area contributed by atoms with E-state index in [1.54, 1.807) is 24.3 Å². The number of nitrogens with one attached hydrogen (secondary N) is 2. The van der Waals surface area contributed by atoms with E-state index in [0.717, 1.165) is 29.7 Å². The second-order valence-corrected chi connectivity index (χ2v) is 8.48. The number of anilines is 2. The summed E-state index contributed by atoms with van der Waals surface area (Å²) in [6, 6.07) is 6.79. The smallest absolute Gasteiger partial charge is 0.258 e. The lowest BCUT2D eigenvalue weighted by molar-refractivity contribution is -0.305. The minimum absolute atomic E-state index is 0.195. The predicted molar refractivity (Wildman–Crippen MR) is 108 cm³/mol. The van der Waals surface area contributed by atoms with Crippen molar-refractivity contribution in [2.75, 3.05) is 10.6 Å². The Bertz CT molecular complexity index is 908. The molecule has 3 rings (SSSR count). The third-order valence-corrected chi connectivity index (χ3v) is 6.07. The summed E-state index contributed by atoms with van der Waals surface area (Å²) in [5.41, 5.74) is 2.03. The molecule has 0 fully saturated rings. The largest absolute Gasteiger partial charge is 0.550 e. The minimum atomic E-state index is -1.28. The molecular weight excluding hydrogens is 400 g/mol. The van der Waals surface area contributed by atoms with Gasteiger partial charge >= 0.3 is 0 Å². The summed E-state index contributed by atoms with van der Waals surface area (Å²) in [7, 11) is 0. The summed E-state index contributed by atoms with van der Waals surface area (Å²) < 4.78 is 0. The minimum Gasteiger partial charge on any atom is -0.550 e. The highest BCUT2D eigenvalue weighted by molar-refractivity contribution is 7.17. The lowest BCUT2D eigenvalue weighted by Crippen LogP contribution is -2.24. The van der Waals surface area contributed by atoms with Crippen molar-refractivity contribution in [1.82, 2.24) is 0 Å². The van der Waals surface area contributed by atoms with Crippen LogP contribution in [0.1, 0.15) is 47.0 Å². The number of aliphatic carboxylic acids is 1. The van der Waals surface area contributed by atoms with Crippen LogP contribution >= 0.6 is 22.9 Å². The first kappa shape index (κ1) is 20.4. The number of fused-ring (bicyclic) bond motifs is 1. The molecule has 2 aromatic rings. The first-order valence-corrected chi connectivity index (χ1v) is 10.2. The van der Waals surface area contributed by atoms with E-state index in [2.05, 4.69) is 17.6 Å². The Morgan fingerprint density at radius 2 is 1.89 bits per heavy atom. The highest BCUT2D eigenvalue weighted by atomic mass is 35.5. The van der Waals surface area contributed by atoms with Gasteiger partial charge in [-0.05, 0) is 61.4 Å². The molecule has 0 radical (unpaired) electrons. The third kappa shape index (κ3) is 4.91. The normalized spacial score (nSPS) is 15.6. The number of halogens is 1. The maximum absolute atomic E-state index is 13.0. The van der Waals surface area contributed by atoms with Gasteiger partial charge in [-0.2, -0.15) is 0 Å². The van der Waals surface area contributed by atoms with Crippen LogP contribution in [0.3, 0.4) is 0 Å². The van der Waals surface area contributed by atoms with E-state index in [-0.39, 0.29) is 18.7 Å².